The van der Waals surface area contributed by atoms with Gasteiger partial charge in [-0.05, 0) is 37.0 Å². The van der Waals surface area contributed by atoms with Gasteiger partial charge in [0.05, 0.1) is 12.7 Å². The first-order valence-corrected chi connectivity index (χ1v) is 9.17. The number of methoxy groups -OCH3 is 1. The standard InChI is InChI=1S/C14H19N3O3S/c1-19-14(18)10-6-5-7-11(8-10)20-9-12-13(16-17-15-12)21(2,3)4/h5-8H,9H2,1-4H3,(H,15,16,17). The maximum atomic E-state index is 11.5. The number of H-pyrrole nitrogens is 1. The molecule has 1 aromatic carbocycles. The van der Waals surface area contributed by atoms with Gasteiger partial charge in [-0.3, -0.25) is 5.10 Å². The molecule has 0 saturated heterocycles. The monoisotopic (exact) mass is 309 g/mol. The summed E-state index contributed by atoms with van der Waals surface area (Å²) < 4.78 is 10.4. The van der Waals surface area contributed by atoms with Crippen molar-refractivity contribution >= 4 is 16.0 Å². The lowest BCUT2D eigenvalue weighted by atomic mass is 10.2. The van der Waals surface area contributed by atoms with Crippen LogP contribution in [0.5, 0.6) is 5.75 Å². The van der Waals surface area contributed by atoms with E-state index in [4.69, 9.17) is 4.74 Å². The van der Waals surface area contributed by atoms with E-state index in [1.807, 2.05) is 0 Å². The van der Waals surface area contributed by atoms with Gasteiger partial charge in [0.15, 0.2) is 0 Å². The van der Waals surface area contributed by atoms with Gasteiger partial charge < -0.3 is 9.47 Å². The van der Waals surface area contributed by atoms with Crippen LogP contribution in [0.15, 0.2) is 29.3 Å². The van der Waals surface area contributed by atoms with E-state index in [2.05, 4.69) is 38.9 Å². The van der Waals surface area contributed by atoms with E-state index >= 15 is 0 Å². The second-order valence-electron chi connectivity index (χ2n) is 5.23. The Morgan fingerprint density at radius 1 is 1.33 bits per heavy atom. The molecule has 0 aliphatic rings. The van der Waals surface area contributed by atoms with Crippen LogP contribution in [-0.2, 0) is 11.3 Å². The molecule has 0 atom stereocenters. The fraction of sp³-hybridized carbons (Fsp3) is 0.357. The number of nitrogens with zero attached hydrogens (tertiary/aromatic N) is 2. The lowest BCUT2D eigenvalue weighted by molar-refractivity contribution is 0.0600. The van der Waals surface area contributed by atoms with Crippen LogP contribution >= 0.6 is 10.0 Å². The zero-order valence-electron chi connectivity index (χ0n) is 12.5. The van der Waals surface area contributed by atoms with Crippen LogP contribution in [0.2, 0.25) is 0 Å². The van der Waals surface area contributed by atoms with Crippen LogP contribution < -0.4 is 4.74 Å². The van der Waals surface area contributed by atoms with Crippen molar-refractivity contribution in [1.29, 1.82) is 0 Å². The molecule has 21 heavy (non-hydrogen) atoms. The molecule has 0 aliphatic carbocycles. The Morgan fingerprint density at radius 3 is 2.76 bits per heavy atom. The fourth-order valence-electron chi connectivity index (χ4n) is 1.81. The Bertz CT molecular complexity index is 634. The van der Waals surface area contributed by atoms with Crippen molar-refractivity contribution in [3.8, 4) is 5.75 Å². The van der Waals surface area contributed by atoms with E-state index in [-0.39, 0.29) is 5.97 Å². The lowest BCUT2D eigenvalue weighted by Crippen LogP contribution is -2.04. The summed E-state index contributed by atoms with van der Waals surface area (Å²) >= 11 is 0. The maximum Gasteiger partial charge on any atom is 0.337 e. The Kier molecular flexibility index (Phi) is 4.52. The number of aromatic amines is 1. The number of esters is 1. The van der Waals surface area contributed by atoms with Crippen LogP contribution in [0.25, 0.3) is 0 Å². The fourth-order valence-corrected chi connectivity index (χ4v) is 2.93. The predicted octanol–water partition coefficient (Wildman–Crippen LogP) is 2.22. The van der Waals surface area contributed by atoms with Crippen molar-refractivity contribution in [3.63, 3.8) is 0 Å². The van der Waals surface area contributed by atoms with Gasteiger partial charge in [-0.25, -0.2) is 14.8 Å². The van der Waals surface area contributed by atoms with Crippen LogP contribution in [-0.4, -0.2) is 47.3 Å². The highest BCUT2D eigenvalue weighted by Crippen LogP contribution is 2.45. The van der Waals surface area contributed by atoms with E-state index in [1.165, 1.54) is 7.11 Å². The van der Waals surface area contributed by atoms with E-state index in [0.717, 1.165) is 10.7 Å². The third kappa shape index (κ3) is 3.75. The number of benzene rings is 1. The van der Waals surface area contributed by atoms with Gasteiger partial charge >= 0.3 is 5.97 Å². The molecule has 0 spiro atoms. The third-order valence-corrected chi connectivity index (χ3v) is 4.38. The quantitative estimate of drug-likeness (QED) is 0.857. The van der Waals surface area contributed by atoms with Crippen molar-refractivity contribution in [2.75, 3.05) is 25.9 Å². The Morgan fingerprint density at radius 2 is 2.10 bits per heavy atom. The zero-order valence-corrected chi connectivity index (χ0v) is 13.4. The van der Waals surface area contributed by atoms with Crippen LogP contribution in [0.3, 0.4) is 0 Å². The van der Waals surface area contributed by atoms with Crippen LogP contribution in [0.4, 0.5) is 0 Å². The molecule has 0 unspecified atom stereocenters. The van der Waals surface area contributed by atoms with E-state index < -0.39 is 10.0 Å². The van der Waals surface area contributed by atoms with E-state index in [9.17, 15) is 4.79 Å². The van der Waals surface area contributed by atoms with Gasteiger partial charge in [0.2, 0.25) is 0 Å². The average Bonchev–Trinajstić information content (AvgIpc) is 2.93. The molecule has 7 heteroatoms. The van der Waals surface area contributed by atoms with Crippen LogP contribution in [0.1, 0.15) is 16.1 Å². The smallest absolute Gasteiger partial charge is 0.337 e. The summed E-state index contributed by atoms with van der Waals surface area (Å²) in [6, 6.07) is 6.87. The summed E-state index contributed by atoms with van der Waals surface area (Å²) in [7, 11) is 0.396. The summed E-state index contributed by atoms with van der Waals surface area (Å²) in [4.78, 5) is 11.5. The largest absolute Gasteiger partial charge is 0.487 e. The molecule has 1 N–H and O–H groups in total. The van der Waals surface area contributed by atoms with Gasteiger partial charge in [0.25, 0.3) is 0 Å². The molecule has 114 valence electrons. The number of carbonyl (C=O) groups excluding carboxylic acids is 1. The minimum Gasteiger partial charge on any atom is -0.487 e. The minimum atomic E-state index is -0.955. The Balaban J connectivity index is 2.11. The molecule has 0 fully saturated rings. The zero-order chi connectivity index (χ0) is 15.5. The number of nitrogens with one attached hydrogen (secondary N) is 1. The molecule has 6 nitrogen and oxygen atoms in total. The molecule has 0 amide bonds. The molecule has 0 bridgehead atoms. The summed E-state index contributed by atoms with van der Waals surface area (Å²) in [5.74, 6) is 0.206. The second kappa shape index (κ2) is 6.17. The first-order valence-electron chi connectivity index (χ1n) is 6.31. The molecule has 0 saturated carbocycles. The molecule has 1 aromatic heterocycles. The predicted molar refractivity (Wildman–Crippen MR) is 82.1 cm³/mol. The highest BCUT2D eigenvalue weighted by molar-refractivity contribution is 8.32. The van der Waals surface area contributed by atoms with Crippen molar-refractivity contribution in [2.24, 2.45) is 0 Å². The summed E-state index contributed by atoms with van der Waals surface area (Å²) in [5.41, 5.74) is 1.25. The first kappa shape index (κ1) is 15.4. The maximum absolute atomic E-state index is 11.5. The highest BCUT2D eigenvalue weighted by atomic mass is 32.3. The molecule has 2 rings (SSSR count). The van der Waals surface area contributed by atoms with E-state index in [0.29, 0.717) is 17.9 Å². The molecule has 0 radical (unpaired) electrons. The summed E-state index contributed by atoms with van der Waals surface area (Å²) in [6.45, 7) is 0.306. The van der Waals surface area contributed by atoms with Crippen molar-refractivity contribution in [2.45, 2.75) is 11.6 Å². The van der Waals surface area contributed by atoms with Gasteiger partial charge in [-0.1, -0.05) is 11.3 Å². The third-order valence-electron chi connectivity index (χ3n) is 2.83. The molecule has 2 aromatic rings. The molecule has 0 aliphatic heterocycles. The molecular weight excluding hydrogens is 290 g/mol. The number of hydrogen-bond acceptors (Lipinski definition) is 5. The van der Waals surface area contributed by atoms with Crippen molar-refractivity contribution in [3.05, 3.63) is 35.5 Å². The number of carbonyl (C=O) groups is 1. The summed E-state index contributed by atoms with van der Waals surface area (Å²) in [5, 5.41) is 11.9. The van der Waals surface area contributed by atoms with Gasteiger partial charge in [0.1, 0.15) is 23.1 Å². The lowest BCUT2D eigenvalue weighted by Gasteiger charge is -2.23. The van der Waals surface area contributed by atoms with Gasteiger partial charge in [-0.2, -0.15) is 0 Å². The summed E-state index contributed by atoms with van der Waals surface area (Å²) in [6.07, 6.45) is 6.47. The normalized spacial score (nSPS) is 12.0. The number of rotatable bonds is 5. The Labute approximate surface area is 125 Å². The van der Waals surface area contributed by atoms with E-state index in [1.54, 1.807) is 24.3 Å². The number of ether oxygens (including phenoxy) is 2. The van der Waals surface area contributed by atoms with Crippen molar-refractivity contribution < 1.29 is 14.3 Å². The average molecular weight is 309 g/mol. The second-order valence-corrected chi connectivity index (χ2v) is 9.32. The van der Waals surface area contributed by atoms with Gasteiger partial charge in [-0.15, -0.1) is 5.10 Å². The molecular formula is C14H19N3O3S. The van der Waals surface area contributed by atoms with Gasteiger partial charge in [0, 0.05) is 0 Å². The topological polar surface area (TPSA) is 77.1 Å². The van der Waals surface area contributed by atoms with Crippen molar-refractivity contribution in [1.82, 2.24) is 15.4 Å². The number of aromatic nitrogens is 3. The van der Waals surface area contributed by atoms with Crippen LogP contribution in [0, 0.1) is 0 Å². The minimum absolute atomic E-state index is 0.306. The number of hydrogen-bond donors (Lipinski definition) is 1. The highest BCUT2D eigenvalue weighted by Gasteiger charge is 2.17. The Hall–Kier alpha value is -2.02. The first-order chi connectivity index (χ1) is 9.91. The molecule has 1 heterocycles. The SMILES string of the molecule is COC(=O)c1cccc(OCc2nn[nH]c2S(C)(C)C)c1.